The van der Waals surface area contributed by atoms with Crippen molar-refractivity contribution < 1.29 is 9.59 Å². The average molecular weight is 443 g/mol. The number of carbonyl (C=O) groups is 2. The van der Waals surface area contributed by atoms with Crippen molar-refractivity contribution in [3.05, 3.63) is 70.2 Å². The van der Waals surface area contributed by atoms with Crippen LogP contribution in [0.5, 0.6) is 0 Å². The van der Waals surface area contributed by atoms with Crippen molar-refractivity contribution in [2.24, 2.45) is 0 Å². The van der Waals surface area contributed by atoms with Crippen molar-refractivity contribution in [1.29, 1.82) is 0 Å². The molecular weight excluding hydrogens is 416 g/mol. The van der Waals surface area contributed by atoms with Gasteiger partial charge in [-0.2, -0.15) is 0 Å². The molecule has 0 saturated heterocycles. The Balaban J connectivity index is 1.74. The van der Waals surface area contributed by atoms with E-state index in [1.54, 1.807) is 4.90 Å². The van der Waals surface area contributed by atoms with Crippen molar-refractivity contribution in [3.63, 3.8) is 0 Å². The molecule has 0 heterocycles. The van der Waals surface area contributed by atoms with Crippen LogP contribution in [0.1, 0.15) is 43.7 Å². The maximum absolute atomic E-state index is 13.1. The second-order valence-electron chi connectivity index (χ2n) is 7.48. The molecule has 1 aliphatic carbocycles. The van der Waals surface area contributed by atoms with Gasteiger partial charge in [-0.05, 0) is 43.0 Å². The molecule has 148 valence electrons. The molecular formula is C23H27BrN2O2. The van der Waals surface area contributed by atoms with Crippen molar-refractivity contribution in [1.82, 2.24) is 10.2 Å². The van der Waals surface area contributed by atoms with Crippen LogP contribution in [-0.4, -0.2) is 28.8 Å². The Bertz CT molecular complexity index is 786. The van der Waals surface area contributed by atoms with Crippen LogP contribution in [0.15, 0.2) is 59.1 Å². The molecule has 0 spiro atoms. The van der Waals surface area contributed by atoms with Crippen LogP contribution in [0.2, 0.25) is 0 Å². The van der Waals surface area contributed by atoms with Crippen LogP contribution in [0, 0.1) is 0 Å². The molecule has 0 aliphatic heterocycles. The Kier molecular flexibility index (Phi) is 7.26. The summed E-state index contributed by atoms with van der Waals surface area (Å²) in [5.41, 5.74) is 1.96. The zero-order valence-electron chi connectivity index (χ0n) is 16.2. The molecule has 1 fully saturated rings. The first-order valence-electron chi connectivity index (χ1n) is 9.91. The summed E-state index contributed by atoms with van der Waals surface area (Å²) in [5, 5.41) is 3.13. The van der Waals surface area contributed by atoms with E-state index < -0.39 is 6.04 Å². The molecule has 2 amide bonds. The van der Waals surface area contributed by atoms with E-state index in [0.717, 1.165) is 41.3 Å². The third-order valence-corrected chi connectivity index (χ3v) is 5.86. The van der Waals surface area contributed by atoms with Crippen LogP contribution in [-0.2, 0) is 22.6 Å². The smallest absolute Gasteiger partial charge is 0.242 e. The van der Waals surface area contributed by atoms with Crippen LogP contribution in [0.25, 0.3) is 0 Å². The lowest BCUT2D eigenvalue weighted by Crippen LogP contribution is -2.50. The first-order chi connectivity index (χ1) is 13.5. The number of rotatable bonds is 7. The molecule has 0 aromatic heterocycles. The predicted octanol–water partition coefficient (Wildman–Crippen LogP) is 4.47. The number of amides is 2. The summed E-state index contributed by atoms with van der Waals surface area (Å²) in [6, 6.07) is 17.3. The van der Waals surface area contributed by atoms with E-state index in [0.29, 0.717) is 13.0 Å². The summed E-state index contributed by atoms with van der Waals surface area (Å²) < 4.78 is 0.991. The van der Waals surface area contributed by atoms with E-state index in [1.165, 1.54) is 0 Å². The van der Waals surface area contributed by atoms with Crippen LogP contribution in [0.4, 0.5) is 0 Å². The number of carbonyl (C=O) groups excluding carboxylic acids is 2. The maximum Gasteiger partial charge on any atom is 0.242 e. The van der Waals surface area contributed by atoms with Gasteiger partial charge in [-0.25, -0.2) is 0 Å². The molecule has 1 aliphatic rings. The lowest BCUT2D eigenvalue weighted by molar-refractivity contribution is -0.140. The van der Waals surface area contributed by atoms with Gasteiger partial charge >= 0.3 is 0 Å². The van der Waals surface area contributed by atoms with Gasteiger partial charge < -0.3 is 10.2 Å². The predicted molar refractivity (Wildman–Crippen MR) is 115 cm³/mol. The van der Waals surface area contributed by atoms with E-state index in [-0.39, 0.29) is 17.9 Å². The van der Waals surface area contributed by atoms with Gasteiger partial charge in [0.25, 0.3) is 0 Å². The highest BCUT2D eigenvalue weighted by Gasteiger charge is 2.28. The molecule has 5 heteroatoms. The summed E-state index contributed by atoms with van der Waals surface area (Å²) in [6.45, 7) is 2.24. The van der Waals surface area contributed by atoms with E-state index in [4.69, 9.17) is 0 Å². The summed E-state index contributed by atoms with van der Waals surface area (Å²) >= 11 is 3.44. The first-order valence-corrected chi connectivity index (χ1v) is 10.7. The Morgan fingerprint density at radius 2 is 1.68 bits per heavy atom. The Labute approximate surface area is 175 Å². The van der Waals surface area contributed by atoms with Gasteiger partial charge in [-0.15, -0.1) is 0 Å². The molecule has 0 bridgehead atoms. The Morgan fingerprint density at radius 3 is 2.32 bits per heavy atom. The summed E-state index contributed by atoms with van der Waals surface area (Å²) in [7, 11) is 0. The summed E-state index contributed by atoms with van der Waals surface area (Å²) in [5.74, 6) is -0.103. The number of hydrogen-bond donors (Lipinski definition) is 1. The van der Waals surface area contributed by atoms with Crippen molar-refractivity contribution in [3.8, 4) is 0 Å². The molecule has 0 unspecified atom stereocenters. The largest absolute Gasteiger partial charge is 0.352 e. The van der Waals surface area contributed by atoms with Gasteiger partial charge in [0.1, 0.15) is 6.04 Å². The zero-order valence-corrected chi connectivity index (χ0v) is 17.8. The minimum absolute atomic E-state index is 0.0387. The van der Waals surface area contributed by atoms with Crippen molar-refractivity contribution in [2.45, 2.75) is 57.7 Å². The molecule has 1 atom stereocenters. The van der Waals surface area contributed by atoms with Crippen LogP contribution >= 0.6 is 15.9 Å². The molecule has 2 aromatic rings. The van der Waals surface area contributed by atoms with Gasteiger partial charge in [-0.3, -0.25) is 9.59 Å². The van der Waals surface area contributed by atoms with Gasteiger partial charge in [0.05, 0.1) is 6.42 Å². The molecule has 3 rings (SSSR count). The fourth-order valence-electron chi connectivity index (χ4n) is 3.63. The number of halogens is 1. The molecule has 28 heavy (non-hydrogen) atoms. The molecule has 0 radical (unpaired) electrons. The fraction of sp³-hybridized carbons (Fsp3) is 0.391. The third-order valence-electron chi connectivity index (χ3n) is 5.33. The van der Waals surface area contributed by atoms with Gasteiger partial charge in [-0.1, -0.05) is 71.2 Å². The van der Waals surface area contributed by atoms with Crippen LogP contribution in [0.3, 0.4) is 0 Å². The SMILES string of the molecule is C[C@@H](C(=O)NC1CCCC1)N(Cc1ccc(Br)cc1)C(=O)Cc1ccccc1. The first kappa shape index (κ1) is 20.6. The normalized spacial score (nSPS) is 15.2. The van der Waals surface area contributed by atoms with Crippen LogP contribution < -0.4 is 5.32 Å². The van der Waals surface area contributed by atoms with Gasteiger partial charge in [0.2, 0.25) is 11.8 Å². The molecule has 2 aromatic carbocycles. The van der Waals surface area contributed by atoms with Crippen molar-refractivity contribution in [2.75, 3.05) is 0 Å². The van der Waals surface area contributed by atoms with Gasteiger partial charge in [0.15, 0.2) is 0 Å². The monoisotopic (exact) mass is 442 g/mol. The highest BCUT2D eigenvalue weighted by Crippen LogP contribution is 2.19. The number of hydrogen-bond acceptors (Lipinski definition) is 2. The molecule has 1 N–H and O–H groups in total. The Morgan fingerprint density at radius 1 is 1.04 bits per heavy atom. The minimum Gasteiger partial charge on any atom is -0.352 e. The third kappa shape index (κ3) is 5.68. The maximum atomic E-state index is 13.1. The lowest BCUT2D eigenvalue weighted by atomic mass is 10.1. The van der Waals surface area contributed by atoms with E-state index in [9.17, 15) is 9.59 Å². The lowest BCUT2D eigenvalue weighted by Gasteiger charge is -2.30. The number of nitrogens with one attached hydrogen (secondary N) is 1. The fourth-order valence-corrected chi connectivity index (χ4v) is 3.90. The average Bonchev–Trinajstić information content (AvgIpc) is 3.20. The highest BCUT2D eigenvalue weighted by molar-refractivity contribution is 9.10. The minimum atomic E-state index is -0.513. The highest BCUT2D eigenvalue weighted by atomic mass is 79.9. The number of nitrogens with zero attached hydrogens (tertiary/aromatic N) is 1. The zero-order chi connectivity index (χ0) is 19.9. The second-order valence-corrected chi connectivity index (χ2v) is 8.39. The van der Waals surface area contributed by atoms with E-state index in [2.05, 4.69) is 21.2 Å². The molecule has 1 saturated carbocycles. The van der Waals surface area contributed by atoms with Gasteiger partial charge in [0, 0.05) is 17.1 Å². The molecule has 4 nitrogen and oxygen atoms in total. The topological polar surface area (TPSA) is 49.4 Å². The number of benzene rings is 2. The van der Waals surface area contributed by atoms with E-state index >= 15 is 0 Å². The second kappa shape index (κ2) is 9.87. The summed E-state index contributed by atoms with van der Waals surface area (Å²) in [4.78, 5) is 27.6. The van der Waals surface area contributed by atoms with Crippen molar-refractivity contribution >= 4 is 27.7 Å². The standard InChI is InChI=1S/C23H27BrN2O2/c1-17(23(28)25-21-9-5-6-10-21)26(16-19-11-13-20(24)14-12-19)22(27)15-18-7-3-2-4-8-18/h2-4,7-8,11-14,17,21H,5-6,9-10,15-16H2,1H3,(H,25,28)/t17-/m0/s1. The Hall–Kier alpha value is -2.14. The quantitative estimate of drug-likeness (QED) is 0.687. The van der Waals surface area contributed by atoms with E-state index in [1.807, 2.05) is 61.5 Å². The summed E-state index contributed by atoms with van der Waals surface area (Å²) in [6.07, 6.45) is 4.68.